The lowest BCUT2D eigenvalue weighted by molar-refractivity contribution is -0.132. The highest BCUT2D eigenvalue weighted by Crippen LogP contribution is 2.27. The number of amides is 1. The molecule has 1 N–H and O–H groups in total. The molecule has 1 unspecified atom stereocenters. The summed E-state index contributed by atoms with van der Waals surface area (Å²) >= 11 is 0. The van der Waals surface area contributed by atoms with Gasteiger partial charge in [0, 0.05) is 32.6 Å². The minimum atomic E-state index is 0.353. The van der Waals surface area contributed by atoms with Gasteiger partial charge in [-0.05, 0) is 36.3 Å². The molecule has 0 radical (unpaired) electrons. The van der Waals surface area contributed by atoms with E-state index in [2.05, 4.69) is 29.6 Å². The molecule has 0 bridgehead atoms. The summed E-state index contributed by atoms with van der Waals surface area (Å²) in [5, 5.41) is 3.29. The first kappa shape index (κ1) is 12.7. The summed E-state index contributed by atoms with van der Waals surface area (Å²) in [6.07, 6.45) is 4.10. The summed E-state index contributed by atoms with van der Waals surface area (Å²) in [5.74, 6) is 0.892. The van der Waals surface area contributed by atoms with Crippen molar-refractivity contribution in [1.29, 1.82) is 0 Å². The Bertz CT molecular complexity index is 452. The molecule has 1 aliphatic carbocycles. The lowest BCUT2D eigenvalue weighted by Gasteiger charge is -2.30. The van der Waals surface area contributed by atoms with Crippen LogP contribution in [0, 0.1) is 5.92 Å². The first-order chi connectivity index (χ1) is 9.33. The maximum Gasteiger partial charge on any atom is 0.222 e. The van der Waals surface area contributed by atoms with Gasteiger partial charge in [-0.2, -0.15) is 0 Å². The van der Waals surface area contributed by atoms with Gasteiger partial charge in [-0.1, -0.05) is 24.3 Å². The predicted octanol–water partition coefficient (Wildman–Crippen LogP) is 1.61. The quantitative estimate of drug-likeness (QED) is 0.874. The van der Waals surface area contributed by atoms with Gasteiger partial charge in [0.05, 0.1) is 0 Å². The summed E-state index contributed by atoms with van der Waals surface area (Å²) in [7, 11) is 0. The molecule has 3 nitrogen and oxygen atoms in total. The van der Waals surface area contributed by atoms with Crippen LogP contribution in [0.3, 0.4) is 0 Å². The normalized spacial score (nSPS) is 22.9. The summed E-state index contributed by atoms with van der Waals surface area (Å²) in [6, 6.07) is 8.67. The molecule has 1 aromatic carbocycles. The number of hydrogen-bond acceptors (Lipinski definition) is 2. The molecular weight excluding hydrogens is 236 g/mol. The van der Waals surface area contributed by atoms with Crippen molar-refractivity contribution >= 4 is 5.91 Å². The maximum absolute atomic E-state index is 12.3. The third-order valence-electron chi connectivity index (χ3n) is 4.38. The Kier molecular flexibility index (Phi) is 3.83. The molecule has 1 amide bonds. The van der Waals surface area contributed by atoms with Crippen molar-refractivity contribution in [2.75, 3.05) is 26.2 Å². The second-order valence-corrected chi connectivity index (χ2v) is 5.71. The minimum absolute atomic E-state index is 0.353. The molecule has 1 atom stereocenters. The van der Waals surface area contributed by atoms with Gasteiger partial charge in [-0.15, -0.1) is 0 Å². The Morgan fingerprint density at radius 1 is 1.21 bits per heavy atom. The Morgan fingerprint density at radius 2 is 1.95 bits per heavy atom. The first-order valence-electron chi connectivity index (χ1n) is 7.38. The number of aryl methyl sites for hydroxylation is 1. The Morgan fingerprint density at radius 3 is 2.74 bits per heavy atom. The number of piperazine rings is 1. The Balaban J connectivity index is 1.58. The van der Waals surface area contributed by atoms with E-state index in [0.717, 1.165) is 51.9 Å². The van der Waals surface area contributed by atoms with Crippen LogP contribution in [0.1, 0.15) is 24.0 Å². The van der Waals surface area contributed by atoms with Crippen LogP contribution in [0.5, 0.6) is 0 Å². The van der Waals surface area contributed by atoms with Gasteiger partial charge in [0.2, 0.25) is 5.91 Å². The largest absolute Gasteiger partial charge is 0.340 e. The van der Waals surface area contributed by atoms with Crippen molar-refractivity contribution in [3.05, 3.63) is 35.4 Å². The van der Waals surface area contributed by atoms with Crippen LogP contribution >= 0.6 is 0 Å². The van der Waals surface area contributed by atoms with E-state index in [0.29, 0.717) is 11.8 Å². The van der Waals surface area contributed by atoms with E-state index < -0.39 is 0 Å². The van der Waals surface area contributed by atoms with E-state index >= 15 is 0 Å². The van der Waals surface area contributed by atoms with E-state index in [4.69, 9.17) is 0 Å². The highest BCUT2D eigenvalue weighted by molar-refractivity contribution is 5.76. The van der Waals surface area contributed by atoms with Crippen LogP contribution in [0.4, 0.5) is 0 Å². The predicted molar refractivity (Wildman–Crippen MR) is 76.0 cm³/mol. The second kappa shape index (κ2) is 5.74. The van der Waals surface area contributed by atoms with E-state index in [-0.39, 0.29) is 0 Å². The summed E-state index contributed by atoms with van der Waals surface area (Å²) < 4.78 is 0. The average molecular weight is 258 g/mol. The maximum atomic E-state index is 12.3. The van der Waals surface area contributed by atoms with Crippen molar-refractivity contribution in [3.8, 4) is 0 Å². The molecule has 19 heavy (non-hydrogen) atoms. The molecule has 1 saturated heterocycles. The highest BCUT2D eigenvalue weighted by atomic mass is 16.2. The van der Waals surface area contributed by atoms with E-state index in [1.54, 1.807) is 0 Å². The van der Waals surface area contributed by atoms with Crippen LogP contribution in [-0.4, -0.2) is 37.0 Å². The molecular formula is C16H22N2O. The number of carbonyl (C=O) groups excluding carboxylic acids is 1. The molecule has 3 rings (SSSR count). The third kappa shape index (κ3) is 2.98. The molecule has 1 fully saturated rings. The van der Waals surface area contributed by atoms with Crippen molar-refractivity contribution in [3.63, 3.8) is 0 Å². The molecule has 2 aliphatic rings. The smallest absolute Gasteiger partial charge is 0.222 e. The number of carbonyl (C=O) groups is 1. The van der Waals surface area contributed by atoms with Gasteiger partial charge in [-0.25, -0.2) is 0 Å². The molecule has 0 saturated carbocycles. The second-order valence-electron chi connectivity index (χ2n) is 5.71. The number of nitrogens with zero attached hydrogens (tertiary/aromatic N) is 1. The molecule has 1 aromatic rings. The zero-order chi connectivity index (χ0) is 13.1. The van der Waals surface area contributed by atoms with Crippen molar-refractivity contribution in [1.82, 2.24) is 10.2 Å². The molecule has 1 heterocycles. The number of hydrogen-bond donors (Lipinski definition) is 1. The first-order valence-corrected chi connectivity index (χ1v) is 7.38. The van der Waals surface area contributed by atoms with Gasteiger partial charge in [0.25, 0.3) is 0 Å². The Hall–Kier alpha value is -1.35. The fourth-order valence-electron chi connectivity index (χ4n) is 3.24. The van der Waals surface area contributed by atoms with Crippen LogP contribution in [0.2, 0.25) is 0 Å². The highest BCUT2D eigenvalue weighted by Gasteiger charge is 2.24. The van der Waals surface area contributed by atoms with Crippen LogP contribution in [0.15, 0.2) is 24.3 Å². The zero-order valence-corrected chi connectivity index (χ0v) is 11.4. The zero-order valence-electron chi connectivity index (χ0n) is 11.4. The van der Waals surface area contributed by atoms with Gasteiger partial charge in [-0.3, -0.25) is 4.79 Å². The fourth-order valence-corrected chi connectivity index (χ4v) is 3.24. The van der Waals surface area contributed by atoms with Gasteiger partial charge in [0.1, 0.15) is 0 Å². The lowest BCUT2D eigenvalue weighted by Crippen LogP contribution is -2.47. The summed E-state index contributed by atoms with van der Waals surface area (Å²) in [6.45, 7) is 3.64. The van der Waals surface area contributed by atoms with Crippen LogP contribution in [0.25, 0.3) is 0 Å². The number of nitrogens with one attached hydrogen (secondary N) is 1. The number of benzene rings is 1. The topological polar surface area (TPSA) is 32.3 Å². The third-order valence-corrected chi connectivity index (χ3v) is 4.38. The van der Waals surface area contributed by atoms with Crippen LogP contribution in [-0.2, 0) is 17.6 Å². The molecule has 3 heteroatoms. The Labute approximate surface area is 115 Å². The van der Waals surface area contributed by atoms with Crippen molar-refractivity contribution in [2.24, 2.45) is 5.92 Å². The van der Waals surface area contributed by atoms with E-state index in [9.17, 15) is 4.79 Å². The van der Waals surface area contributed by atoms with Gasteiger partial charge >= 0.3 is 0 Å². The van der Waals surface area contributed by atoms with Gasteiger partial charge in [0.15, 0.2) is 0 Å². The number of rotatable bonds is 2. The summed E-state index contributed by atoms with van der Waals surface area (Å²) in [5.41, 5.74) is 2.93. The minimum Gasteiger partial charge on any atom is -0.340 e. The lowest BCUT2D eigenvalue weighted by atomic mass is 9.82. The molecule has 102 valence electrons. The van der Waals surface area contributed by atoms with Crippen molar-refractivity contribution in [2.45, 2.75) is 25.7 Å². The SMILES string of the molecule is O=C(CC1CCc2ccccc2C1)N1CCNCC1. The van der Waals surface area contributed by atoms with E-state index in [1.807, 2.05) is 4.90 Å². The monoisotopic (exact) mass is 258 g/mol. The molecule has 1 aliphatic heterocycles. The summed E-state index contributed by atoms with van der Waals surface area (Å²) in [4.78, 5) is 14.3. The standard InChI is InChI=1S/C16H22N2O/c19-16(18-9-7-17-8-10-18)12-13-5-6-14-3-1-2-4-15(14)11-13/h1-4,13,17H,5-12H2. The van der Waals surface area contributed by atoms with Crippen LogP contribution < -0.4 is 5.32 Å². The molecule has 0 aromatic heterocycles. The van der Waals surface area contributed by atoms with E-state index in [1.165, 1.54) is 11.1 Å². The fraction of sp³-hybridized carbons (Fsp3) is 0.562. The van der Waals surface area contributed by atoms with Gasteiger partial charge < -0.3 is 10.2 Å². The number of fused-ring (bicyclic) bond motifs is 1. The average Bonchev–Trinajstić information content (AvgIpc) is 2.48. The van der Waals surface area contributed by atoms with Crippen molar-refractivity contribution < 1.29 is 4.79 Å². The molecule has 0 spiro atoms.